The predicted octanol–water partition coefficient (Wildman–Crippen LogP) is 2.40. The van der Waals surface area contributed by atoms with Gasteiger partial charge in [-0.1, -0.05) is 6.07 Å². The van der Waals surface area contributed by atoms with Crippen LogP contribution in [0.4, 0.5) is 11.6 Å². The number of sulfonamides is 1. The molecule has 0 amide bonds. The number of primary sulfonamides is 1. The van der Waals surface area contributed by atoms with E-state index in [1.807, 2.05) is 13.1 Å². The molecule has 0 unspecified atom stereocenters. The second-order valence-electron chi connectivity index (χ2n) is 5.77. The Morgan fingerprint density at radius 3 is 2.88 bits per heavy atom. The quantitative estimate of drug-likeness (QED) is 0.729. The zero-order valence-electron chi connectivity index (χ0n) is 13.4. The number of nitrogens with one attached hydrogen (secondary N) is 1. The monoisotopic (exact) mass is 373 g/mol. The smallest absolute Gasteiger partial charge is 0.238 e. The van der Waals surface area contributed by atoms with E-state index in [4.69, 9.17) is 5.14 Å². The Bertz CT molecular complexity index is 1080. The van der Waals surface area contributed by atoms with Crippen LogP contribution in [0.2, 0.25) is 0 Å². The SMILES string of the molecule is Cc1nc2c(s1)-c1nc(Nc3cccc(S(N)(=O)=O)c3)ncc1CC2. The molecule has 1 aliphatic rings. The van der Waals surface area contributed by atoms with Crippen LogP contribution in [-0.2, 0) is 22.9 Å². The van der Waals surface area contributed by atoms with E-state index in [9.17, 15) is 8.42 Å². The van der Waals surface area contributed by atoms with Crippen LogP contribution in [0.1, 0.15) is 16.3 Å². The molecule has 128 valence electrons. The second kappa shape index (κ2) is 5.87. The lowest BCUT2D eigenvalue weighted by Crippen LogP contribution is -2.12. The normalized spacial score (nSPS) is 13.2. The molecule has 0 aliphatic heterocycles. The number of aryl methyl sites for hydroxylation is 3. The molecule has 9 heteroatoms. The van der Waals surface area contributed by atoms with E-state index in [0.29, 0.717) is 11.6 Å². The van der Waals surface area contributed by atoms with E-state index in [-0.39, 0.29) is 4.90 Å². The number of aromatic nitrogens is 3. The molecule has 2 heterocycles. The second-order valence-corrected chi connectivity index (χ2v) is 8.54. The van der Waals surface area contributed by atoms with Crippen LogP contribution in [0.15, 0.2) is 35.4 Å². The number of fused-ring (bicyclic) bond motifs is 3. The molecule has 25 heavy (non-hydrogen) atoms. The molecular weight excluding hydrogens is 358 g/mol. The lowest BCUT2D eigenvalue weighted by atomic mass is 10.00. The summed E-state index contributed by atoms with van der Waals surface area (Å²) in [4.78, 5) is 14.6. The Labute approximate surface area is 149 Å². The fraction of sp³-hybridized carbons (Fsp3) is 0.188. The first-order chi connectivity index (χ1) is 11.9. The number of hydrogen-bond donors (Lipinski definition) is 2. The maximum atomic E-state index is 11.5. The Balaban J connectivity index is 1.70. The van der Waals surface area contributed by atoms with Gasteiger partial charge >= 0.3 is 0 Å². The van der Waals surface area contributed by atoms with Crippen LogP contribution >= 0.6 is 11.3 Å². The molecule has 0 saturated carbocycles. The standard InChI is InChI=1S/C16H15N5O2S2/c1-9-19-13-6-5-10-8-18-16(21-14(10)15(13)24-9)20-11-3-2-4-12(7-11)25(17,22)23/h2-4,7-8H,5-6H2,1H3,(H2,17,22,23)(H,18,20,21). The topological polar surface area (TPSA) is 111 Å². The Morgan fingerprint density at radius 2 is 2.08 bits per heavy atom. The molecule has 1 aromatic carbocycles. The van der Waals surface area contributed by atoms with Crippen LogP contribution in [0.5, 0.6) is 0 Å². The number of rotatable bonds is 3. The third-order valence-electron chi connectivity index (χ3n) is 3.93. The van der Waals surface area contributed by atoms with Crippen molar-refractivity contribution in [3.63, 3.8) is 0 Å². The molecule has 7 nitrogen and oxygen atoms in total. The number of thiazole rings is 1. The lowest BCUT2D eigenvalue weighted by molar-refractivity contribution is 0.598. The van der Waals surface area contributed by atoms with Gasteiger partial charge in [-0.3, -0.25) is 0 Å². The summed E-state index contributed by atoms with van der Waals surface area (Å²) in [7, 11) is -3.76. The van der Waals surface area contributed by atoms with Gasteiger partial charge in [0.2, 0.25) is 16.0 Å². The first-order valence-corrected chi connectivity index (χ1v) is 9.99. The molecule has 0 saturated heterocycles. The van der Waals surface area contributed by atoms with Crippen molar-refractivity contribution in [3.8, 4) is 10.6 Å². The van der Waals surface area contributed by atoms with E-state index in [2.05, 4.69) is 20.3 Å². The van der Waals surface area contributed by atoms with Gasteiger partial charge in [-0.15, -0.1) is 11.3 Å². The molecule has 0 fully saturated rings. The Hall–Kier alpha value is -2.36. The summed E-state index contributed by atoms with van der Waals surface area (Å²) in [5.41, 5.74) is 3.63. The van der Waals surface area contributed by atoms with Gasteiger partial charge in [-0.05, 0) is 43.5 Å². The van der Waals surface area contributed by atoms with Gasteiger partial charge in [0.05, 0.1) is 26.2 Å². The average Bonchev–Trinajstić information content (AvgIpc) is 2.95. The zero-order valence-corrected chi connectivity index (χ0v) is 15.0. The summed E-state index contributed by atoms with van der Waals surface area (Å²) in [6, 6.07) is 6.26. The van der Waals surface area contributed by atoms with Gasteiger partial charge in [0.15, 0.2) is 0 Å². The highest BCUT2D eigenvalue weighted by atomic mass is 32.2. The molecule has 1 aliphatic carbocycles. The molecule has 0 bridgehead atoms. The number of benzene rings is 1. The third kappa shape index (κ3) is 3.13. The van der Waals surface area contributed by atoms with Gasteiger partial charge < -0.3 is 5.32 Å². The van der Waals surface area contributed by atoms with Crippen molar-refractivity contribution in [2.24, 2.45) is 5.14 Å². The number of anilines is 2. The van der Waals surface area contributed by atoms with Crippen molar-refractivity contribution in [1.29, 1.82) is 0 Å². The van der Waals surface area contributed by atoms with Crippen molar-refractivity contribution >= 4 is 33.0 Å². The van der Waals surface area contributed by atoms with Gasteiger partial charge in [0, 0.05) is 11.9 Å². The fourth-order valence-electron chi connectivity index (χ4n) is 2.80. The van der Waals surface area contributed by atoms with Crippen molar-refractivity contribution in [1.82, 2.24) is 15.0 Å². The summed E-state index contributed by atoms with van der Waals surface area (Å²) in [6.45, 7) is 1.99. The minimum absolute atomic E-state index is 0.0378. The maximum Gasteiger partial charge on any atom is 0.238 e. The first-order valence-electron chi connectivity index (χ1n) is 7.62. The first kappa shape index (κ1) is 16.1. The fourth-order valence-corrected chi connectivity index (χ4v) is 4.35. The van der Waals surface area contributed by atoms with E-state index < -0.39 is 10.0 Å². The molecule has 3 N–H and O–H groups in total. The summed E-state index contributed by atoms with van der Waals surface area (Å²) in [5, 5.41) is 9.24. The summed E-state index contributed by atoms with van der Waals surface area (Å²) >= 11 is 1.63. The van der Waals surface area contributed by atoms with E-state index in [1.165, 1.54) is 12.1 Å². The van der Waals surface area contributed by atoms with E-state index >= 15 is 0 Å². The molecular formula is C16H15N5O2S2. The number of nitrogens with two attached hydrogens (primary N) is 1. The van der Waals surface area contributed by atoms with E-state index in [0.717, 1.165) is 39.7 Å². The van der Waals surface area contributed by atoms with Crippen LogP contribution in [-0.4, -0.2) is 23.4 Å². The zero-order chi connectivity index (χ0) is 17.6. The molecule has 4 rings (SSSR count). The van der Waals surface area contributed by atoms with Crippen molar-refractivity contribution in [2.45, 2.75) is 24.7 Å². The molecule has 2 aromatic heterocycles. The van der Waals surface area contributed by atoms with Crippen LogP contribution in [0.25, 0.3) is 10.6 Å². The Kier molecular flexibility index (Phi) is 3.78. The Morgan fingerprint density at radius 1 is 1.24 bits per heavy atom. The average molecular weight is 373 g/mol. The van der Waals surface area contributed by atoms with Crippen molar-refractivity contribution in [3.05, 3.63) is 46.7 Å². The predicted molar refractivity (Wildman–Crippen MR) is 96.4 cm³/mol. The van der Waals surface area contributed by atoms with Gasteiger partial charge in [-0.25, -0.2) is 28.5 Å². The van der Waals surface area contributed by atoms with Crippen LogP contribution < -0.4 is 10.5 Å². The largest absolute Gasteiger partial charge is 0.324 e. The number of hydrogen-bond acceptors (Lipinski definition) is 7. The third-order valence-corrected chi connectivity index (χ3v) is 5.86. The molecule has 0 atom stereocenters. The summed E-state index contributed by atoms with van der Waals surface area (Å²) in [6.07, 6.45) is 3.58. The molecule has 0 spiro atoms. The maximum absolute atomic E-state index is 11.5. The minimum Gasteiger partial charge on any atom is -0.324 e. The van der Waals surface area contributed by atoms with Crippen LogP contribution in [0, 0.1) is 6.92 Å². The van der Waals surface area contributed by atoms with Crippen molar-refractivity contribution < 1.29 is 8.42 Å². The summed E-state index contributed by atoms with van der Waals surface area (Å²) < 4.78 is 23.0. The van der Waals surface area contributed by atoms with Crippen molar-refractivity contribution in [2.75, 3.05) is 5.32 Å². The highest BCUT2D eigenvalue weighted by Crippen LogP contribution is 2.36. The number of nitrogens with zero attached hydrogens (tertiary/aromatic N) is 3. The minimum atomic E-state index is -3.76. The van der Waals surface area contributed by atoms with Gasteiger partial charge in [0.1, 0.15) is 0 Å². The van der Waals surface area contributed by atoms with Gasteiger partial charge in [-0.2, -0.15) is 0 Å². The highest BCUT2D eigenvalue weighted by Gasteiger charge is 2.22. The van der Waals surface area contributed by atoms with E-state index in [1.54, 1.807) is 23.5 Å². The molecule has 3 aromatic rings. The van der Waals surface area contributed by atoms with Crippen LogP contribution in [0.3, 0.4) is 0 Å². The molecule has 0 radical (unpaired) electrons. The highest BCUT2D eigenvalue weighted by molar-refractivity contribution is 7.89. The van der Waals surface area contributed by atoms with Gasteiger partial charge in [0.25, 0.3) is 0 Å². The summed E-state index contributed by atoms with van der Waals surface area (Å²) in [5.74, 6) is 0.407. The lowest BCUT2D eigenvalue weighted by Gasteiger charge is -2.15.